The molecule has 0 saturated heterocycles. The maximum absolute atomic E-state index is 12.9. The Balaban J connectivity index is 4.34. The van der Waals surface area contributed by atoms with Crippen molar-refractivity contribution in [3.63, 3.8) is 0 Å². The highest BCUT2D eigenvalue weighted by Gasteiger charge is 2.19. The first kappa shape index (κ1) is 77.8. The lowest BCUT2D eigenvalue weighted by Crippen LogP contribution is -2.30. The van der Waals surface area contributed by atoms with Crippen LogP contribution >= 0.6 is 0 Å². The molecule has 6 nitrogen and oxygen atoms in total. The molecule has 0 saturated carbocycles. The fraction of sp³-hybridized carbons (Fsp3) is 0.697. The van der Waals surface area contributed by atoms with E-state index in [4.69, 9.17) is 14.2 Å². The van der Waals surface area contributed by atoms with Crippen LogP contribution in [0, 0.1) is 0 Å². The Morgan fingerprint density at radius 3 is 0.744 bits per heavy atom. The average molecular weight is 1140 g/mol. The molecule has 0 rings (SSSR count). The maximum Gasteiger partial charge on any atom is 0.306 e. The lowest BCUT2D eigenvalue weighted by atomic mass is 10.0. The van der Waals surface area contributed by atoms with Crippen molar-refractivity contribution in [2.45, 2.75) is 329 Å². The fourth-order valence-corrected chi connectivity index (χ4v) is 9.55. The second-order valence-corrected chi connectivity index (χ2v) is 22.7. The van der Waals surface area contributed by atoms with Gasteiger partial charge >= 0.3 is 17.9 Å². The van der Waals surface area contributed by atoms with Crippen LogP contribution in [0.3, 0.4) is 0 Å². The third kappa shape index (κ3) is 66.6. The van der Waals surface area contributed by atoms with Crippen molar-refractivity contribution in [3.8, 4) is 0 Å². The van der Waals surface area contributed by atoms with Gasteiger partial charge in [-0.05, 0) is 116 Å². The number of hydrogen-bond acceptors (Lipinski definition) is 6. The molecule has 0 amide bonds. The standard InChI is InChI=1S/C76H128O6/c1-4-7-10-13-16-19-22-25-27-29-31-33-35-36-37-38-39-40-42-43-45-47-49-51-54-57-60-63-66-69-75(78)81-72-73(71-80-74(77)68-65-62-59-56-53-24-21-18-15-12-9-6-3)82-76(79)70-67-64-61-58-55-52-50-48-46-44-41-34-32-30-28-26-23-20-17-14-11-8-5-2/h7,10,16,19,23,25-27,30-33,36-37,39-41,43-45,73H,4-6,8-9,11-15,17-18,20-22,24,28-29,34-35,38,42,46-72H2,1-3H3/b10-7-,19-16-,26-23-,27-25-,32-30-,33-31-,37-36-,40-39-,44-41-,45-43-. The number of esters is 3. The lowest BCUT2D eigenvalue weighted by molar-refractivity contribution is -0.167. The Hall–Kier alpha value is -4.19. The van der Waals surface area contributed by atoms with E-state index in [-0.39, 0.29) is 31.1 Å². The van der Waals surface area contributed by atoms with E-state index in [1.54, 1.807) is 0 Å². The summed E-state index contributed by atoms with van der Waals surface area (Å²) in [5.74, 6) is -0.894. The van der Waals surface area contributed by atoms with Crippen LogP contribution in [0.4, 0.5) is 0 Å². The number of unbranched alkanes of at least 4 members (excludes halogenated alkanes) is 31. The van der Waals surface area contributed by atoms with Gasteiger partial charge in [-0.3, -0.25) is 14.4 Å². The average Bonchev–Trinajstić information content (AvgIpc) is 3.47. The van der Waals surface area contributed by atoms with Gasteiger partial charge in [0.25, 0.3) is 0 Å². The van der Waals surface area contributed by atoms with Crippen LogP contribution in [-0.2, 0) is 28.6 Å². The largest absolute Gasteiger partial charge is 0.462 e. The Labute approximate surface area is 507 Å². The summed E-state index contributed by atoms with van der Waals surface area (Å²) < 4.78 is 16.9. The summed E-state index contributed by atoms with van der Waals surface area (Å²) in [6.07, 6.45) is 96.4. The van der Waals surface area contributed by atoms with Gasteiger partial charge in [0.2, 0.25) is 0 Å². The fourth-order valence-electron chi connectivity index (χ4n) is 9.55. The van der Waals surface area contributed by atoms with E-state index >= 15 is 0 Å². The number of carbonyl (C=O) groups is 3. The second kappa shape index (κ2) is 69.3. The number of carbonyl (C=O) groups excluding carboxylic acids is 3. The molecule has 0 N–H and O–H groups in total. The molecule has 0 spiro atoms. The topological polar surface area (TPSA) is 78.9 Å². The van der Waals surface area contributed by atoms with Gasteiger partial charge in [0, 0.05) is 19.3 Å². The first-order valence-corrected chi connectivity index (χ1v) is 34.5. The van der Waals surface area contributed by atoms with E-state index in [9.17, 15) is 14.4 Å². The number of ether oxygens (including phenoxy) is 3. The van der Waals surface area contributed by atoms with Crippen LogP contribution < -0.4 is 0 Å². The lowest BCUT2D eigenvalue weighted by Gasteiger charge is -2.18. The van der Waals surface area contributed by atoms with Crippen LogP contribution in [0.25, 0.3) is 0 Å². The molecular weight excluding hydrogens is 1010 g/mol. The molecule has 0 fully saturated rings. The van der Waals surface area contributed by atoms with Crippen LogP contribution in [0.1, 0.15) is 323 Å². The van der Waals surface area contributed by atoms with Crippen molar-refractivity contribution in [3.05, 3.63) is 122 Å². The molecule has 0 aliphatic carbocycles. The van der Waals surface area contributed by atoms with Crippen LogP contribution in [0.5, 0.6) is 0 Å². The van der Waals surface area contributed by atoms with Crippen molar-refractivity contribution < 1.29 is 28.6 Å². The number of rotatable bonds is 62. The minimum Gasteiger partial charge on any atom is -0.462 e. The highest BCUT2D eigenvalue weighted by atomic mass is 16.6. The molecule has 0 bridgehead atoms. The normalized spacial score (nSPS) is 12.9. The number of hydrogen-bond donors (Lipinski definition) is 0. The summed E-state index contributed by atoms with van der Waals surface area (Å²) in [6, 6.07) is 0. The van der Waals surface area contributed by atoms with Gasteiger partial charge in [0.1, 0.15) is 13.2 Å². The molecule has 0 aromatic heterocycles. The molecule has 0 aromatic rings. The molecule has 1 atom stereocenters. The Morgan fingerprint density at radius 2 is 0.476 bits per heavy atom. The summed E-state index contributed by atoms with van der Waals surface area (Å²) >= 11 is 0. The molecule has 0 aliphatic heterocycles. The molecule has 82 heavy (non-hydrogen) atoms. The molecule has 0 radical (unpaired) electrons. The molecule has 0 aromatic carbocycles. The second-order valence-electron chi connectivity index (χ2n) is 22.7. The van der Waals surface area contributed by atoms with Gasteiger partial charge in [0.05, 0.1) is 0 Å². The molecule has 0 heterocycles. The zero-order chi connectivity index (χ0) is 59.2. The van der Waals surface area contributed by atoms with Gasteiger partial charge in [0.15, 0.2) is 6.10 Å². The smallest absolute Gasteiger partial charge is 0.306 e. The molecular formula is C76H128O6. The summed E-state index contributed by atoms with van der Waals surface area (Å²) in [5, 5.41) is 0. The highest BCUT2D eigenvalue weighted by Crippen LogP contribution is 2.16. The van der Waals surface area contributed by atoms with Crippen molar-refractivity contribution in [1.29, 1.82) is 0 Å². The monoisotopic (exact) mass is 1140 g/mol. The zero-order valence-electron chi connectivity index (χ0n) is 53.7. The van der Waals surface area contributed by atoms with Gasteiger partial charge in [-0.2, -0.15) is 0 Å². The van der Waals surface area contributed by atoms with E-state index < -0.39 is 6.10 Å². The van der Waals surface area contributed by atoms with Crippen molar-refractivity contribution in [2.75, 3.05) is 13.2 Å². The summed E-state index contributed by atoms with van der Waals surface area (Å²) in [7, 11) is 0. The third-order valence-electron chi connectivity index (χ3n) is 14.7. The third-order valence-corrected chi connectivity index (χ3v) is 14.7. The quantitative estimate of drug-likeness (QED) is 0.0261. The van der Waals surface area contributed by atoms with E-state index in [0.29, 0.717) is 19.3 Å². The van der Waals surface area contributed by atoms with Crippen molar-refractivity contribution in [1.82, 2.24) is 0 Å². The first-order chi connectivity index (χ1) is 40.5. The molecule has 468 valence electrons. The first-order valence-electron chi connectivity index (χ1n) is 34.5. The SMILES string of the molecule is CC/C=C\C/C=C\C/C=C\C/C=C\C/C=C\C/C=C\C/C=C\CCCCCCCCCC(=O)OCC(COC(=O)CCCCCCCCCCCCCC)OC(=O)CCCCCCCCCC/C=C\C/C=C\C/C=C\CCCCCCC. The molecule has 1 unspecified atom stereocenters. The van der Waals surface area contributed by atoms with Crippen LogP contribution in [0.2, 0.25) is 0 Å². The molecule has 0 aliphatic rings. The predicted molar refractivity (Wildman–Crippen MR) is 357 cm³/mol. The Morgan fingerprint density at radius 1 is 0.256 bits per heavy atom. The summed E-state index contributed by atoms with van der Waals surface area (Å²) in [5.41, 5.74) is 0. The van der Waals surface area contributed by atoms with Gasteiger partial charge in [-0.15, -0.1) is 0 Å². The van der Waals surface area contributed by atoms with Gasteiger partial charge < -0.3 is 14.2 Å². The maximum atomic E-state index is 12.9. The Kier molecular flexibility index (Phi) is 65.8. The Bertz CT molecular complexity index is 1690. The van der Waals surface area contributed by atoms with E-state index in [1.165, 1.54) is 154 Å². The van der Waals surface area contributed by atoms with E-state index in [0.717, 1.165) is 128 Å². The van der Waals surface area contributed by atoms with E-state index in [1.807, 2.05) is 0 Å². The number of allylic oxidation sites excluding steroid dienone is 20. The van der Waals surface area contributed by atoms with Crippen LogP contribution in [-0.4, -0.2) is 37.2 Å². The van der Waals surface area contributed by atoms with E-state index in [2.05, 4.69) is 142 Å². The zero-order valence-corrected chi connectivity index (χ0v) is 53.7. The molecule has 6 heteroatoms. The summed E-state index contributed by atoms with van der Waals surface area (Å²) in [4.78, 5) is 38.4. The van der Waals surface area contributed by atoms with Crippen LogP contribution in [0.15, 0.2) is 122 Å². The summed E-state index contributed by atoms with van der Waals surface area (Å²) in [6.45, 7) is 6.52. The van der Waals surface area contributed by atoms with Crippen molar-refractivity contribution >= 4 is 17.9 Å². The van der Waals surface area contributed by atoms with Gasteiger partial charge in [-0.25, -0.2) is 0 Å². The minimum absolute atomic E-state index is 0.0839. The van der Waals surface area contributed by atoms with Gasteiger partial charge in [-0.1, -0.05) is 309 Å². The van der Waals surface area contributed by atoms with Crippen molar-refractivity contribution in [2.24, 2.45) is 0 Å². The highest BCUT2D eigenvalue weighted by molar-refractivity contribution is 5.71. The minimum atomic E-state index is -0.790. The predicted octanol–water partition coefficient (Wildman–Crippen LogP) is 23.9.